The van der Waals surface area contributed by atoms with Gasteiger partial charge in [0, 0.05) is 0 Å². The molecule has 0 fully saturated rings. The molecule has 0 unspecified atom stereocenters. The molecule has 11 nitrogen and oxygen atoms in total. The van der Waals surface area contributed by atoms with Crippen molar-refractivity contribution in [2.45, 2.75) is 0 Å². The topological polar surface area (TPSA) is 118 Å². The third kappa shape index (κ3) is 3.53. The van der Waals surface area contributed by atoms with Gasteiger partial charge in [0.05, 0.1) is 29.5 Å². The van der Waals surface area contributed by atoms with Crippen molar-refractivity contribution in [3.05, 3.63) is 91.8 Å². The van der Waals surface area contributed by atoms with E-state index in [0.29, 0.717) is 0 Å². The molecule has 0 aliphatic carbocycles. The Morgan fingerprint density at radius 2 is 1.33 bits per heavy atom. The van der Waals surface area contributed by atoms with Crippen LogP contribution in [0.25, 0.3) is 39.3 Å². The van der Waals surface area contributed by atoms with E-state index in [9.17, 15) is 0 Å². The molecule has 0 atom stereocenters. The van der Waals surface area contributed by atoms with Crippen LogP contribution in [0.4, 0.5) is 0 Å². The van der Waals surface area contributed by atoms with Gasteiger partial charge in [-0.25, -0.2) is 9.36 Å². The van der Waals surface area contributed by atoms with E-state index in [1.54, 1.807) is 21.9 Å². The van der Waals surface area contributed by atoms with Gasteiger partial charge in [0.1, 0.15) is 6.33 Å². The molecule has 11 heteroatoms. The van der Waals surface area contributed by atoms with Crippen LogP contribution in [0, 0.1) is 0 Å². The molecule has 0 saturated carbocycles. The Bertz CT molecular complexity index is 1470. The predicted octanol–water partition coefficient (Wildman–Crippen LogP) is 2.55. The van der Waals surface area contributed by atoms with Crippen LogP contribution < -0.4 is 0 Å². The van der Waals surface area contributed by atoms with E-state index in [1.807, 2.05) is 48.7 Å². The molecule has 0 aliphatic rings. The largest absolute Gasteiger partial charge is 0.221 e. The molecule has 3 heterocycles. The molecule has 0 amide bonds. The van der Waals surface area contributed by atoms with Crippen molar-refractivity contribution in [3.8, 4) is 39.3 Å². The summed E-state index contributed by atoms with van der Waals surface area (Å²) in [6.07, 6.45) is 6.45. The molecule has 3 aromatic heterocycles. The zero-order valence-corrected chi connectivity index (χ0v) is 17.1. The van der Waals surface area contributed by atoms with E-state index in [0.717, 1.165) is 39.3 Å². The SMILES string of the molecule is c1cn(-c2ccc(-c3ccc(-n4cnnn4)cc3)c(-c3ccc(-n4ncnn4)cc3)c2)nn1. The Balaban J connectivity index is 1.44. The van der Waals surface area contributed by atoms with E-state index in [1.165, 1.54) is 11.1 Å². The maximum Gasteiger partial charge on any atom is 0.162 e. The summed E-state index contributed by atoms with van der Waals surface area (Å²) in [5.74, 6) is 0. The molecular weight excluding hydrogens is 418 g/mol. The smallest absolute Gasteiger partial charge is 0.162 e. The number of aromatic nitrogens is 11. The zero-order chi connectivity index (χ0) is 22.0. The normalized spacial score (nSPS) is 11.0. The van der Waals surface area contributed by atoms with E-state index >= 15 is 0 Å². The van der Waals surface area contributed by atoms with E-state index < -0.39 is 0 Å². The summed E-state index contributed by atoms with van der Waals surface area (Å²) in [7, 11) is 0. The van der Waals surface area contributed by atoms with Crippen LogP contribution in [-0.2, 0) is 0 Å². The average Bonchev–Trinajstić information content (AvgIpc) is 3.67. The first-order valence-corrected chi connectivity index (χ1v) is 10.0. The monoisotopic (exact) mass is 433 g/mol. The lowest BCUT2D eigenvalue weighted by molar-refractivity contribution is 0.720. The van der Waals surface area contributed by atoms with Crippen LogP contribution in [0.3, 0.4) is 0 Å². The second-order valence-electron chi connectivity index (χ2n) is 7.15. The number of tetrazole rings is 2. The van der Waals surface area contributed by atoms with Gasteiger partial charge in [0.25, 0.3) is 0 Å². The minimum Gasteiger partial charge on any atom is -0.221 e. The highest BCUT2D eigenvalue weighted by Gasteiger charge is 2.12. The lowest BCUT2D eigenvalue weighted by Crippen LogP contribution is -1.99. The first-order valence-electron chi connectivity index (χ1n) is 10.0. The summed E-state index contributed by atoms with van der Waals surface area (Å²) in [4.78, 5) is 1.48. The average molecular weight is 433 g/mol. The van der Waals surface area contributed by atoms with Crippen molar-refractivity contribution in [2.75, 3.05) is 0 Å². The van der Waals surface area contributed by atoms with Crippen molar-refractivity contribution >= 4 is 0 Å². The minimum atomic E-state index is 0.830. The Morgan fingerprint density at radius 1 is 0.576 bits per heavy atom. The fourth-order valence-electron chi connectivity index (χ4n) is 3.64. The highest BCUT2D eigenvalue weighted by atomic mass is 15.6. The van der Waals surface area contributed by atoms with Gasteiger partial charge in [-0.3, -0.25) is 0 Å². The molecule has 33 heavy (non-hydrogen) atoms. The van der Waals surface area contributed by atoms with Crippen molar-refractivity contribution in [1.82, 2.24) is 55.4 Å². The molecule has 0 bridgehead atoms. The minimum absolute atomic E-state index is 0.830. The van der Waals surface area contributed by atoms with E-state index in [-0.39, 0.29) is 0 Å². The van der Waals surface area contributed by atoms with E-state index in [2.05, 4.69) is 65.5 Å². The van der Waals surface area contributed by atoms with Crippen molar-refractivity contribution in [1.29, 1.82) is 0 Å². The van der Waals surface area contributed by atoms with Crippen LogP contribution in [0.15, 0.2) is 91.8 Å². The first-order chi connectivity index (χ1) is 16.3. The Morgan fingerprint density at radius 3 is 2.00 bits per heavy atom. The van der Waals surface area contributed by atoms with Crippen LogP contribution in [-0.4, -0.2) is 55.4 Å². The molecule has 0 spiro atoms. The summed E-state index contributed by atoms with van der Waals surface area (Å²) in [6, 6.07) is 22.3. The van der Waals surface area contributed by atoms with Crippen molar-refractivity contribution in [3.63, 3.8) is 0 Å². The number of hydrogen-bond acceptors (Lipinski definition) is 8. The van der Waals surface area contributed by atoms with Gasteiger partial charge in [-0.2, -0.15) is 0 Å². The third-order valence-electron chi connectivity index (χ3n) is 5.24. The Labute approximate surface area is 186 Å². The van der Waals surface area contributed by atoms with Gasteiger partial charge in [0.2, 0.25) is 0 Å². The van der Waals surface area contributed by atoms with Crippen molar-refractivity contribution in [2.24, 2.45) is 0 Å². The van der Waals surface area contributed by atoms with Gasteiger partial charge in [0.15, 0.2) is 6.33 Å². The lowest BCUT2D eigenvalue weighted by Gasteiger charge is -2.14. The van der Waals surface area contributed by atoms with Gasteiger partial charge < -0.3 is 0 Å². The summed E-state index contributed by atoms with van der Waals surface area (Å²) < 4.78 is 3.36. The molecular formula is C22H15N11. The third-order valence-corrected chi connectivity index (χ3v) is 5.24. The summed E-state index contributed by atoms with van der Waals surface area (Å²) in [5.41, 5.74) is 6.86. The fourth-order valence-corrected chi connectivity index (χ4v) is 3.64. The molecule has 3 aromatic carbocycles. The van der Waals surface area contributed by atoms with Gasteiger partial charge in [-0.1, -0.05) is 35.5 Å². The lowest BCUT2D eigenvalue weighted by atomic mass is 9.93. The van der Waals surface area contributed by atoms with Gasteiger partial charge in [-0.15, -0.1) is 25.2 Å². The first kappa shape index (κ1) is 18.7. The molecule has 0 aliphatic heterocycles. The summed E-state index contributed by atoms with van der Waals surface area (Å²) in [5, 5.41) is 31.2. The maximum atomic E-state index is 4.13. The quantitative estimate of drug-likeness (QED) is 0.407. The Kier molecular flexibility index (Phi) is 4.47. The number of nitrogens with zero attached hydrogens (tertiary/aromatic N) is 11. The standard InChI is InChI=1S/C22H15N11/c1-5-18(32-15-25-27-30-32)6-2-16(1)21-10-9-20(31-12-11-23-28-31)13-22(21)17-3-7-19(8-4-17)33-26-14-24-29-33/h1-15H. The van der Waals surface area contributed by atoms with Crippen molar-refractivity contribution < 1.29 is 0 Å². The summed E-state index contributed by atoms with van der Waals surface area (Å²) in [6.45, 7) is 0. The summed E-state index contributed by atoms with van der Waals surface area (Å²) >= 11 is 0. The second kappa shape index (κ2) is 7.89. The van der Waals surface area contributed by atoms with E-state index in [4.69, 9.17) is 0 Å². The van der Waals surface area contributed by atoms with Gasteiger partial charge >= 0.3 is 0 Å². The second-order valence-corrected chi connectivity index (χ2v) is 7.15. The molecule has 0 radical (unpaired) electrons. The number of rotatable bonds is 5. The van der Waals surface area contributed by atoms with Gasteiger partial charge in [-0.05, 0) is 74.3 Å². The predicted molar refractivity (Wildman–Crippen MR) is 118 cm³/mol. The van der Waals surface area contributed by atoms with Crippen LogP contribution in [0.2, 0.25) is 0 Å². The molecule has 6 aromatic rings. The maximum absolute atomic E-state index is 4.13. The zero-order valence-electron chi connectivity index (χ0n) is 17.1. The molecule has 6 rings (SSSR count). The Hall–Kier alpha value is -5.06. The fraction of sp³-hybridized carbons (Fsp3) is 0. The highest BCUT2D eigenvalue weighted by Crippen LogP contribution is 2.34. The number of benzene rings is 3. The van der Waals surface area contributed by atoms with Crippen LogP contribution in [0.5, 0.6) is 0 Å². The molecule has 158 valence electrons. The van der Waals surface area contributed by atoms with Crippen LogP contribution in [0.1, 0.15) is 0 Å². The molecule has 0 N–H and O–H groups in total. The highest BCUT2D eigenvalue weighted by molar-refractivity contribution is 5.85. The molecule has 0 saturated heterocycles. The van der Waals surface area contributed by atoms with Crippen LogP contribution >= 0.6 is 0 Å². The number of hydrogen-bond donors (Lipinski definition) is 0.